The summed E-state index contributed by atoms with van der Waals surface area (Å²) in [5.41, 5.74) is 1.82. The molecule has 2 aromatic carbocycles. The van der Waals surface area contributed by atoms with Crippen molar-refractivity contribution >= 4 is 54.8 Å². The molecule has 0 unspecified atom stereocenters. The van der Waals surface area contributed by atoms with Gasteiger partial charge in [0.15, 0.2) is 11.5 Å². The van der Waals surface area contributed by atoms with Crippen LogP contribution in [-0.2, 0) is 11.4 Å². The minimum absolute atomic E-state index is 0.414. The van der Waals surface area contributed by atoms with Crippen LogP contribution in [0, 0.1) is 0 Å². The summed E-state index contributed by atoms with van der Waals surface area (Å²) >= 11 is 12.2. The van der Waals surface area contributed by atoms with E-state index in [0.29, 0.717) is 18.1 Å². The van der Waals surface area contributed by atoms with E-state index in [9.17, 15) is 4.79 Å². The van der Waals surface area contributed by atoms with E-state index in [1.165, 1.54) is 6.08 Å². The highest BCUT2D eigenvalue weighted by Crippen LogP contribution is 2.37. The minimum Gasteiger partial charge on any atom is -0.493 e. The molecular weight excluding hydrogens is 447 g/mol. The van der Waals surface area contributed by atoms with Gasteiger partial charge in [-0.05, 0) is 75.1 Å². The third-order valence-corrected chi connectivity index (χ3v) is 4.20. The van der Waals surface area contributed by atoms with E-state index >= 15 is 0 Å². The van der Waals surface area contributed by atoms with Crippen molar-refractivity contribution in [3.63, 3.8) is 0 Å². The van der Waals surface area contributed by atoms with Crippen molar-refractivity contribution in [2.24, 2.45) is 0 Å². The number of rotatable bonds is 6. The van der Waals surface area contributed by atoms with Crippen molar-refractivity contribution in [2.45, 2.75) is 6.61 Å². The third kappa shape index (κ3) is 5.37. The molecule has 6 heteroatoms. The van der Waals surface area contributed by atoms with Crippen molar-refractivity contribution in [3.8, 4) is 11.5 Å². The van der Waals surface area contributed by atoms with E-state index in [0.717, 1.165) is 20.1 Å². The van der Waals surface area contributed by atoms with Gasteiger partial charge in [-0.2, -0.15) is 0 Å². The second kappa shape index (κ2) is 8.52. The SMILES string of the molecule is COc1cc(/C=C/C(=O)Cl)cc(Br)c1OCc1ccc(Br)cc1. The molecule has 0 radical (unpaired) electrons. The molecule has 0 amide bonds. The van der Waals surface area contributed by atoms with Gasteiger partial charge in [-0.25, -0.2) is 0 Å². The lowest BCUT2D eigenvalue weighted by Crippen LogP contribution is -1.99. The zero-order chi connectivity index (χ0) is 16.8. The Balaban J connectivity index is 2.20. The van der Waals surface area contributed by atoms with Crippen LogP contribution in [0.4, 0.5) is 0 Å². The molecule has 0 aromatic heterocycles. The Morgan fingerprint density at radius 1 is 1.22 bits per heavy atom. The first-order valence-corrected chi connectivity index (χ1v) is 8.58. The van der Waals surface area contributed by atoms with E-state index in [4.69, 9.17) is 21.1 Å². The quantitative estimate of drug-likeness (QED) is 0.417. The van der Waals surface area contributed by atoms with E-state index < -0.39 is 5.24 Å². The van der Waals surface area contributed by atoms with Crippen molar-refractivity contribution in [2.75, 3.05) is 7.11 Å². The number of ether oxygens (including phenoxy) is 2. The lowest BCUT2D eigenvalue weighted by atomic mass is 10.2. The summed E-state index contributed by atoms with van der Waals surface area (Å²) in [4.78, 5) is 10.8. The molecule has 2 aromatic rings. The highest BCUT2D eigenvalue weighted by molar-refractivity contribution is 9.10. The monoisotopic (exact) mass is 458 g/mol. The van der Waals surface area contributed by atoms with E-state index in [1.54, 1.807) is 19.3 Å². The fraction of sp³-hybridized carbons (Fsp3) is 0.118. The number of halogens is 3. The summed E-state index contributed by atoms with van der Waals surface area (Å²) in [6.45, 7) is 0.414. The average Bonchev–Trinajstić information content (AvgIpc) is 2.53. The minimum atomic E-state index is -0.532. The fourth-order valence-corrected chi connectivity index (χ4v) is 2.78. The summed E-state index contributed by atoms with van der Waals surface area (Å²) in [7, 11) is 1.56. The van der Waals surface area contributed by atoms with Crippen molar-refractivity contribution in [1.82, 2.24) is 0 Å². The van der Waals surface area contributed by atoms with Crippen LogP contribution in [0.2, 0.25) is 0 Å². The van der Waals surface area contributed by atoms with Gasteiger partial charge in [-0.1, -0.05) is 28.1 Å². The molecule has 0 spiro atoms. The summed E-state index contributed by atoms with van der Waals surface area (Å²) in [6, 6.07) is 11.5. The molecule has 0 N–H and O–H groups in total. The van der Waals surface area contributed by atoms with Gasteiger partial charge in [-0.3, -0.25) is 4.79 Å². The zero-order valence-corrected chi connectivity index (χ0v) is 16.1. The molecule has 0 aliphatic heterocycles. The number of hydrogen-bond donors (Lipinski definition) is 0. The molecule has 0 fully saturated rings. The number of benzene rings is 2. The molecule has 3 nitrogen and oxygen atoms in total. The summed E-state index contributed by atoms with van der Waals surface area (Å²) in [6.07, 6.45) is 2.90. The standard InChI is InChI=1S/C17H13Br2ClO3/c1-22-15-9-12(4-7-16(20)21)8-14(19)17(15)23-10-11-2-5-13(18)6-3-11/h2-9H,10H2,1H3/b7-4+. The number of carbonyl (C=O) groups is 1. The second-order valence-corrected chi connectivity index (χ2v) is 6.73. The van der Waals surface area contributed by atoms with Crippen LogP contribution in [0.3, 0.4) is 0 Å². The maximum atomic E-state index is 10.8. The van der Waals surface area contributed by atoms with Crippen LogP contribution in [0.15, 0.2) is 51.4 Å². The van der Waals surface area contributed by atoms with Crippen molar-refractivity contribution < 1.29 is 14.3 Å². The molecule has 0 saturated carbocycles. The Morgan fingerprint density at radius 3 is 2.52 bits per heavy atom. The van der Waals surface area contributed by atoms with Crippen LogP contribution >= 0.6 is 43.5 Å². The maximum Gasteiger partial charge on any atom is 0.245 e. The summed E-state index contributed by atoms with van der Waals surface area (Å²) in [5, 5.41) is -0.532. The van der Waals surface area contributed by atoms with Crippen molar-refractivity contribution in [1.29, 1.82) is 0 Å². The summed E-state index contributed by atoms with van der Waals surface area (Å²) < 4.78 is 13.0. The van der Waals surface area contributed by atoms with Crippen LogP contribution in [0.1, 0.15) is 11.1 Å². The molecule has 0 aliphatic rings. The molecule has 0 saturated heterocycles. The zero-order valence-electron chi connectivity index (χ0n) is 12.2. The largest absolute Gasteiger partial charge is 0.493 e. The molecule has 0 bridgehead atoms. The first-order chi connectivity index (χ1) is 11.0. The van der Waals surface area contributed by atoms with Gasteiger partial charge in [0.1, 0.15) is 6.61 Å². The molecule has 120 valence electrons. The highest BCUT2D eigenvalue weighted by Gasteiger charge is 2.11. The van der Waals surface area contributed by atoms with Crippen LogP contribution in [0.25, 0.3) is 6.08 Å². The van der Waals surface area contributed by atoms with Gasteiger partial charge in [0, 0.05) is 4.47 Å². The highest BCUT2D eigenvalue weighted by atomic mass is 79.9. The number of carbonyl (C=O) groups excluding carboxylic acids is 1. The Labute approximate surface area is 156 Å². The Hall–Kier alpha value is -1.30. The molecule has 0 aliphatic carbocycles. The predicted molar refractivity (Wildman–Crippen MR) is 99.1 cm³/mol. The third-order valence-electron chi connectivity index (χ3n) is 2.96. The van der Waals surface area contributed by atoms with Crippen LogP contribution < -0.4 is 9.47 Å². The van der Waals surface area contributed by atoms with E-state index in [1.807, 2.05) is 30.3 Å². The van der Waals surface area contributed by atoms with Gasteiger partial charge in [-0.15, -0.1) is 0 Å². The van der Waals surface area contributed by atoms with E-state index in [2.05, 4.69) is 31.9 Å². The number of allylic oxidation sites excluding steroid dienone is 1. The van der Waals surface area contributed by atoms with Crippen LogP contribution in [0.5, 0.6) is 11.5 Å². The van der Waals surface area contributed by atoms with Gasteiger partial charge >= 0.3 is 0 Å². The van der Waals surface area contributed by atoms with Crippen molar-refractivity contribution in [3.05, 3.63) is 62.5 Å². The first kappa shape index (κ1) is 18.0. The fourth-order valence-electron chi connectivity index (χ4n) is 1.87. The maximum absolute atomic E-state index is 10.8. The smallest absolute Gasteiger partial charge is 0.245 e. The van der Waals surface area contributed by atoms with Gasteiger partial charge in [0.2, 0.25) is 5.24 Å². The summed E-state index contributed by atoms with van der Waals surface area (Å²) in [5.74, 6) is 1.17. The van der Waals surface area contributed by atoms with Gasteiger partial charge in [0.05, 0.1) is 11.6 Å². The van der Waals surface area contributed by atoms with Gasteiger partial charge < -0.3 is 9.47 Å². The van der Waals surface area contributed by atoms with E-state index in [-0.39, 0.29) is 0 Å². The van der Waals surface area contributed by atoms with Crippen LogP contribution in [-0.4, -0.2) is 12.4 Å². The van der Waals surface area contributed by atoms with Gasteiger partial charge in [0.25, 0.3) is 0 Å². The normalized spacial score (nSPS) is 10.8. The Kier molecular flexibility index (Phi) is 6.69. The number of hydrogen-bond acceptors (Lipinski definition) is 3. The predicted octanol–water partition coefficient (Wildman–Crippen LogP) is 5.58. The topological polar surface area (TPSA) is 35.5 Å². The molecule has 2 rings (SSSR count). The first-order valence-electron chi connectivity index (χ1n) is 6.62. The molecule has 0 atom stereocenters. The molecule has 23 heavy (non-hydrogen) atoms. The Morgan fingerprint density at radius 2 is 1.91 bits per heavy atom. The lowest BCUT2D eigenvalue weighted by Gasteiger charge is -2.13. The Bertz CT molecular complexity index is 727. The average molecular weight is 461 g/mol. The lowest BCUT2D eigenvalue weighted by molar-refractivity contribution is -0.107. The molecule has 0 heterocycles. The molecular formula is C17H13Br2ClO3. The number of methoxy groups -OCH3 is 1. The second-order valence-electron chi connectivity index (χ2n) is 4.59.